The van der Waals surface area contributed by atoms with Gasteiger partial charge < -0.3 is 14.8 Å². The Morgan fingerprint density at radius 2 is 1.77 bits per heavy atom. The van der Waals surface area contributed by atoms with E-state index in [0.29, 0.717) is 5.92 Å². The van der Waals surface area contributed by atoms with Gasteiger partial charge in [0, 0.05) is 11.8 Å². The van der Waals surface area contributed by atoms with Crippen molar-refractivity contribution in [2.45, 2.75) is 26.2 Å². The van der Waals surface area contributed by atoms with E-state index in [1.807, 2.05) is 60.7 Å². The van der Waals surface area contributed by atoms with Gasteiger partial charge in [0.2, 0.25) is 0 Å². The van der Waals surface area contributed by atoms with Crippen LogP contribution in [-0.4, -0.2) is 25.6 Å². The molecule has 0 heterocycles. The molecule has 0 fully saturated rings. The molecule has 31 heavy (non-hydrogen) atoms. The number of carbonyl (C=O) groups is 2. The van der Waals surface area contributed by atoms with Crippen LogP contribution in [0.5, 0.6) is 5.75 Å². The summed E-state index contributed by atoms with van der Waals surface area (Å²) in [6.45, 7) is 3.87. The zero-order valence-electron chi connectivity index (χ0n) is 18.1. The molecule has 5 nitrogen and oxygen atoms in total. The highest BCUT2D eigenvalue weighted by molar-refractivity contribution is 5.95. The Bertz CT molecular complexity index is 1100. The van der Waals surface area contributed by atoms with Crippen LogP contribution in [0.25, 0.3) is 16.8 Å². The van der Waals surface area contributed by atoms with E-state index in [-0.39, 0.29) is 12.5 Å². The smallest absolute Gasteiger partial charge is 0.331 e. The third-order valence-electron chi connectivity index (χ3n) is 5.21. The molecule has 0 aliphatic rings. The average molecular weight is 418 g/mol. The van der Waals surface area contributed by atoms with Gasteiger partial charge in [0.25, 0.3) is 5.91 Å². The average Bonchev–Trinajstić information content (AvgIpc) is 2.80. The Balaban J connectivity index is 1.56. The maximum Gasteiger partial charge on any atom is 0.331 e. The first-order valence-corrected chi connectivity index (χ1v) is 10.3. The Morgan fingerprint density at radius 3 is 2.55 bits per heavy atom. The highest BCUT2D eigenvalue weighted by Crippen LogP contribution is 2.26. The van der Waals surface area contributed by atoms with Crippen LogP contribution in [0.15, 0.2) is 66.7 Å². The van der Waals surface area contributed by atoms with E-state index in [9.17, 15) is 9.59 Å². The van der Waals surface area contributed by atoms with Gasteiger partial charge in [-0.2, -0.15) is 0 Å². The number of fused-ring (bicyclic) bond motifs is 1. The number of esters is 1. The van der Waals surface area contributed by atoms with Crippen molar-refractivity contribution in [3.63, 3.8) is 0 Å². The van der Waals surface area contributed by atoms with Crippen LogP contribution in [0.2, 0.25) is 0 Å². The normalized spacial score (nSPS) is 12.0. The number of nitrogens with one attached hydrogen (secondary N) is 1. The molecule has 1 N–H and O–H groups in total. The molecule has 3 aromatic rings. The van der Waals surface area contributed by atoms with Crippen LogP contribution in [0.4, 0.5) is 5.69 Å². The largest absolute Gasteiger partial charge is 0.497 e. The molecule has 0 unspecified atom stereocenters. The first-order valence-electron chi connectivity index (χ1n) is 10.3. The van der Waals surface area contributed by atoms with E-state index in [0.717, 1.165) is 39.8 Å². The zero-order valence-corrected chi connectivity index (χ0v) is 18.1. The molecule has 0 aliphatic carbocycles. The minimum Gasteiger partial charge on any atom is -0.497 e. The SMILES string of the molecule is CC[C@@H](C)c1ccccc1NC(=O)COC(=O)/C=C/c1ccc2cc(OC)ccc2c1. The van der Waals surface area contributed by atoms with Gasteiger partial charge in [-0.05, 0) is 64.6 Å². The van der Waals surface area contributed by atoms with Crippen molar-refractivity contribution >= 4 is 34.4 Å². The summed E-state index contributed by atoms with van der Waals surface area (Å²) in [6.07, 6.45) is 3.96. The van der Waals surface area contributed by atoms with Gasteiger partial charge in [0.1, 0.15) is 5.75 Å². The van der Waals surface area contributed by atoms with Crippen molar-refractivity contribution in [2.75, 3.05) is 19.0 Å². The number of para-hydroxylation sites is 1. The van der Waals surface area contributed by atoms with Crippen molar-refractivity contribution in [3.05, 3.63) is 77.9 Å². The van der Waals surface area contributed by atoms with Crippen molar-refractivity contribution in [2.24, 2.45) is 0 Å². The summed E-state index contributed by atoms with van der Waals surface area (Å²) < 4.78 is 10.3. The number of anilines is 1. The zero-order chi connectivity index (χ0) is 22.2. The van der Waals surface area contributed by atoms with Gasteiger partial charge in [-0.1, -0.05) is 50.2 Å². The van der Waals surface area contributed by atoms with E-state index < -0.39 is 5.97 Å². The van der Waals surface area contributed by atoms with E-state index in [4.69, 9.17) is 9.47 Å². The van der Waals surface area contributed by atoms with Crippen LogP contribution in [0.1, 0.15) is 37.3 Å². The molecular weight excluding hydrogens is 390 g/mol. The van der Waals surface area contributed by atoms with Crippen molar-refractivity contribution in [1.29, 1.82) is 0 Å². The maximum absolute atomic E-state index is 12.2. The number of benzene rings is 3. The lowest BCUT2D eigenvalue weighted by atomic mass is 9.97. The summed E-state index contributed by atoms with van der Waals surface area (Å²) in [5, 5.41) is 4.92. The standard InChI is InChI=1S/C26H27NO4/c1-4-18(2)23-7-5-6-8-24(23)27-25(28)17-31-26(29)14-10-19-9-11-21-16-22(30-3)13-12-20(21)15-19/h5-16,18H,4,17H2,1-3H3,(H,27,28)/b14-10+/t18-/m1/s1. The quantitative estimate of drug-likeness (QED) is 0.385. The molecule has 1 atom stereocenters. The summed E-state index contributed by atoms with van der Waals surface area (Å²) >= 11 is 0. The third kappa shape index (κ3) is 5.95. The highest BCUT2D eigenvalue weighted by Gasteiger charge is 2.12. The number of amides is 1. The monoisotopic (exact) mass is 417 g/mol. The first kappa shape index (κ1) is 22.1. The second-order valence-electron chi connectivity index (χ2n) is 7.36. The molecule has 0 aromatic heterocycles. The fourth-order valence-electron chi connectivity index (χ4n) is 3.27. The topological polar surface area (TPSA) is 64.6 Å². The second-order valence-corrected chi connectivity index (χ2v) is 7.36. The van der Waals surface area contributed by atoms with E-state index in [2.05, 4.69) is 19.2 Å². The molecular formula is C26H27NO4. The lowest BCUT2D eigenvalue weighted by Crippen LogP contribution is -2.21. The number of hydrogen-bond donors (Lipinski definition) is 1. The molecule has 1 amide bonds. The highest BCUT2D eigenvalue weighted by atomic mass is 16.5. The number of carbonyl (C=O) groups excluding carboxylic acids is 2. The minimum absolute atomic E-state index is 0.324. The van der Waals surface area contributed by atoms with Gasteiger partial charge >= 0.3 is 5.97 Å². The van der Waals surface area contributed by atoms with Gasteiger partial charge in [-0.25, -0.2) is 4.79 Å². The Kier molecular flexibility index (Phi) is 7.44. The lowest BCUT2D eigenvalue weighted by molar-refractivity contribution is -0.142. The molecule has 3 rings (SSSR count). The summed E-state index contributed by atoms with van der Waals surface area (Å²) in [5.41, 5.74) is 2.68. The minimum atomic E-state index is -0.569. The van der Waals surface area contributed by atoms with Crippen LogP contribution in [-0.2, 0) is 14.3 Å². The molecule has 0 spiro atoms. The third-order valence-corrected chi connectivity index (χ3v) is 5.21. The molecule has 5 heteroatoms. The Labute approximate surface area is 182 Å². The van der Waals surface area contributed by atoms with Crippen molar-refractivity contribution in [1.82, 2.24) is 0 Å². The second kappa shape index (κ2) is 10.4. The summed E-state index contributed by atoms with van der Waals surface area (Å²) in [6, 6.07) is 19.3. The van der Waals surface area contributed by atoms with Crippen LogP contribution >= 0.6 is 0 Å². The van der Waals surface area contributed by atoms with Crippen molar-refractivity contribution in [3.8, 4) is 5.75 Å². The predicted octanol–water partition coefficient (Wildman–Crippen LogP) is 5.56. The van der Waals surface area contributed by atoms with Gasteiger partial charge in [0.15, 0.2) is 6.61 Å². The number of hydrogen-bond acceptors (Lipinski definition) is 4. The van der Waals surface area contributed by atoms with Gasteiger partial charge in [0.05, 0.1) is 7.11 Å². The van der Waals surface area contributed by atoms with Crippen molar-refractivity contribution < 1.29 is 19.1 Å². The van der Waals surface area contributed by atoms with E-state index in [1.54, 1.807) is 13.2 Å². The van der Waals surface area contributed by atoms with Crippen LogP contribution < -0.4 is 10.1 Å². The molecule has 0 radical (unpaired) electrons. The molecule has 0 aliphatic heterocycles. The summed E-state index contributed by atoms with van der Waals surface area (Å²) in [4.78, 5) is 24.3. The van der Waals surface area contributed by atoms with Crippen LogP contribution in [0, 0.1) is 0 Å². The molecule has 0 saturated heterocycles. The number of rotatable bonds is 8. The molecule has 0 bridgehead atoms. The summed E-state index contributed by atoms with van der Waals surface area (Å²) in [7, 11) is 1.63. The molecule has 160 valence electrons. The van der Waals surface area contributed by atoms with E-state index >= 15 is 0 Å². The Hall–Kier alpha value is -3.60. The van der Waals surface area contributed by atoms with E-state index in [1.165, 1.54) is 6.08 Å². The predicted molar refractivity (Wildman–Crippen MR) is 124 cm³/mol. The summed E-state index contributed by atoms with van der Waals surface area (Å²) in [5.74, 6) is 0.187. The lowest BCUT2D eigenvalue weighted by Gasteiger charge is -2.15. The number of methoxy groups -OCH3 is 1. The Morgan fingerprint density at radius 1 is 1.03 bits per heavy atom. The van der Waals surface area contributed by atoms with Gasteiger partial charge in [-0.15, -0.1) is 0 Å². The fraction of sp³-hybridized carbons (Fsp3) is 0.231. The molecule has 0 saturated carbocycles. The van der Waals surface area contributed by atoms with Gasteiger partial charge in [-0.3, -0.25) is 4.79 Å². The fourth-order valence-corrected chi connectivity index (χ4v) is 3.27. The first-order chi connectivity index (χ1) is 15.0. The van der Waals surface area contributed by atoms with Crippen LogP contribution in [0.3, 0.4) is 0 Å². The number of ether oxygens (including phenoxy) is 2. The maximum atomic E-state index is 12.2. The molecule has 3 aromatic carbocycles.